The first-order valence-electron chi connectivity index (χ1n) is 20.1. The number of hydrogen-bond donors (Lipinski definition) is 2. The quantitative estimate of drug-likeness (QED) is 0.132. The predicted molar refractivity (Wildman–Crippen MR) is 235 cm³/mol. The first-order valence-corrected chi connectivity index (χ1v) is 20.1. The van der Waals surface area contributed by atoms with E-state index in [0.29, 0.717) is 41.7 Å². The number of benzene rings is 4. The van der Waals surface area contributed by atoms with Gasteiger partial charge in [0.05, 0.1) is 22.7 Å². The molecule has 300 valence electrons. The Morgan fingerprint density at radius 3 is 1.19 bits per heavy atom. The van der Waals surface area contributed by atoms with Crippen LogP contribution in [0.25, 0.3) is 22.3 Å². The molecule has 0 amide bonds. The fourth-order valence-electron chi connectivity index (χ4n) is 8.38. The Morgan fingerprint density at radius 1 is 0.483 bits per heavy atom. The van der Waals surface area contributed by atoms with Gasteiger partial charge in [-0.2, -0.15) is 0 Å². The third-order valence-electron chi connectivity index (χ3n) is 11.2. The van der Waals surface area contributed by atoms with Gasteiger partial charge in [0.25, 0.3) is 0 Å². The zero-order chi connectivity index (χ0) is 40.1. The van der Waals surface area contributed by atoms with Crippen molar-refractivity contribution in [1.82, 2.24) is 9.97 Å². The summed E-state index contributed by atoms with van der Waals surface area (Å²) < 4.78 is 0. The second-order valence-corrected chi connectivity index (χ2v) is 16.4. The molecule has 0 bridgehead atoms. The topological polar surface area (TPSA) is 79.2 Å². The van der Waals surface area contributed by atoms with Crippen molar-refractivity contribution in [2.45, 2.75) is 79.1 Å². The van der Waals surface area contributed by atoms with Gasteiger partial charge < -0.3 is 29.8 Å². The predicted octanol–water partition coefficient (Wildman–Crippen LogP) is 12.5. The summed E-state index contributed by atoms with van der Waals surface area (Å²) >= 11 is 0. The van der Waals surface area contributed by atoms with Gasteiger partial charge in [0, 0.05) is 19.1 Å². The van der Waals surface area contributed by atoms with Crippen LogP contribution >= 0.6 is 0 Å². The average molecular weight is 952 g/mol. The van der Waals surface area contributed by atoms with E-state index in [4.69, 9.17) is 9.97 Å². The molecule has 0 saturated heterocycles. The van der Waals surface area contributed by atoms with E-state index < -0.39 is 0 Å². The fraction of sp³-hybridized carbons (Fsp3) is 0.265. The van der Waals surface area contributed by atoms with Crippen molar-refractivity contribution in [1.29, 1.82) is 0 Å². The van der Waals surface area contributed by atoms with E-state index in [9.17, 15) is 10.2 Å². The molecular weight excluding hydrogens is 900 g/mol. The van der Waals surface area contributed by atoms with Crippen molar-refractivity contribution < 1.29 is 31.3 Å². The van der Waals surface area contributed by atoms with E-state index in [1.165, 1.54) is 33.4 Å². The Balaban J connectivity index is 0.00000512. The number of fused-ring (bicyclic) bond motifs is 2. The number of pyridine rings is 2. The summed E-state index contributed by atoms with van der Waals surface area (Å²) in [5, 5.41) is 22.9. The van der Waals surface area contributed by atoms with Crippen LogP contribution in [0.15, 0.2) is 109 Å². The number of aromatic hydroxyl groups is 2. The van der Waals surface area contributed by atoms with Crippen LogP contribution in [0, 0.1) is 13.3 Å². The molecule has 0 unspecified atom stereocenters. The van der Waals surface area contributed by atoms with E-state index in [1.54, 1.807) is 24.5 Å². The number of hydrogen-bond acceptors (Lipinski definition) is 8. The molecule has 2 aliphatic heterocycles. The minimum atomic E-state index is 0. The number of phenols is 2. The van der Waals surface area contributed by atoms with Crippen LogP contribution in [0.3, 0.4) is 0 Å². The summed E-state index contributed by atoms with van der Waals surface area (Å²) in [4.78, 5) is 17.9. The Morgan fingerprint density at radius 2 is 0.845 bits per heavy atom. The monoisotopic (exact) mass is 951 g/mol. The van der Waals surface area contributed by atoms with Crippen LogP contribution in [0.4, 0.5) is 34.4 Å². The van der Waals surface area contributed by atoms with Gasteiger partial charge in [-0.25, -0.2) is 9.97 Å². The van der Waals surface area contributed by atoms with Crippen LogP contribution in [-0.4, -0.2) is 26.8 Å². The third kappa shape index (κ3) is 7.32. The van der Waals surface area contributed by atoms with Gasteiger partial charge in [-0.1, -0.05) is 104 Å². The zero-order valence-electron chi connectivity index (χ0n) is 34.5. The molecule has 0 saturated carbocycles. The van der Waals surface area contributed by atoms with E-state index in [2.05, 4.69) is 114 Å². The van der Waals surface area contributed by atoms with Crippen molar-refractivity contribution in [3.05, 3.63) is 145 Å². The van der Waals surface area contributed by atoms with Gasteiger partial charge in [-0.05, 0) is 117 Å². The molecule has 58 heavy (non-hydrogen) atoms. The van der Waals surface area contributed by atoms with Crippen LogP contribution in [-0.2, 0) is 21.1 Å². The summed E-state index contributed by atoms with van der Waals surface area (Å²) in [6.07, 6.45) is 3.59. The Bertz CT molecular complexity index is 2220. The molecule has 0 fully saturated rings. The van der Waals surface area contributed by atoms with Crippen molar-refractivity contribution in [3.63, 3.8) is 0 Å². The molecule has 4 aromatic carbocycles. The summed E-state index contributed by atoms with van der Waals surface area (Å²) in [5.74, 6) is 3.21. The average Bonchev–Trinajstić information content (AvgIpc) is 3.76. The van der Waals surface area contributed by atoms with Gasteiger partial charge in [0.1, 0.15) is 23.1 Å². The first kappa shape index (κ1) is 40.8. The molecule has 8 nitrogen and oxygen atoms in total. The summed E-state index contributed by atoms with van der Waals surface area (Å²) in [7, 11) is 0. The van der Waals surface area contributed by atoms with E-state index in [-0.39, 0.29) is 32.6 Å². The maximum atomic E-state index is 11.5. The number of nitrogens with zero attached hydrogens (tertiary/aromatic N) is 6. The molecule has 2 aliphatic rings. The number of rotatable bonds is 10. The standard InChI is InChI=1S/C49H52N6O2.Pt/c1-30(2)36-13-9-14-37(31(3)4)46(36)34-19-21-44(56)42(25-34)54-28-52(48-40(54)17-11-23-50-48)27-53-29-55(41-18-12-24-51-49(41)53)43-26-35(20-22-45(43)57)47-38(32(5)6)15-10-16-39(47)33(7)8;/h9-26,28-33,56-57H,27H2,1-8H3;/q-2;+2. The molecule has 0 atom stereocenters. The number of anilines is 6. The Hall–Kier alpha value is -5.33. The summed E-state index contributed by atoms with van der Waals surface area (Å²) in [6.45, 7) is 22.2. The third-order valence-corrected chi connectivity index (χ3v) is 11.2. The molecule has 2 aromatic heterocycles. The van der Waals surface area contributed by atoms with Gasteiger partial charge >= 0.3 is 21.1 Å². The molecule has 0 aliphatic carbocycles. The minimum Gasteiger partial charge on any atom is -0.506 e. The molecule has 0 radical (unpaired) electrons. The first-order chi connectivity index (χ1) is 27.4. The molecule has 4 heterocycles. The van der Waals surface area contributed by atoms with Gasteiger partial charge in [0.15, 0.2) is 0 Å². The zero-order valence-corrected chi connectivity index (χ0v) is 36.7. The number of phenolic OH excluding ortho intramolecular Hbond substituents is 2. The molecule has 9 heteroatoms. The van der Waals surface area contributed by atoms with Gasteiger partial charge in [0.2, 0.25) is 0 Å². The number of aromatic nitrogens is 2. The molecule has 8 rings (SSSR count). The van der Waals surface area contributed by atoms with Crippen LogP contribution in [0.2, 0.25) is 0 Å². The molecule has 2 N–H and O–H groups in total. The molecule has 0 spiro atoms. The van der Waals surface area contributed by atoms with Crippen molar-refractivity contribution in [2.75, 3.05) is 26.3 Å². The van der Waals surface area contributed by atoms with Crippen LogP contribution in [0.1, 0.15) is 101 Å². The van der Waals surface area contributed by atoms with E-state index in [0.717, 1.165) is 34.1 Å². The molecule has 6 aromatic rings. The maximum absolute atomic E-state index is 11.5. The normalized spacial score (nSPS) is 13.6. The van der Waals surface area contributed by atoms with Gasteiger partial charge in [-0.3, -0.25) is 0 Å². The van der Waals surface area contributed by atoms with Crippen LogP contribution in [0.5, 0.6) is 11.5 Å². The van der Waals surface area contributed by atoms with Crippen molar-refractivity contribution in [3.8, 4) is 33.8 Å². The minimum absolute atomic E-state index is 0. The van der Waals surface area contributed by atoms with Crippen molar-refractivity contribution >= 4 is 34.4 Å². The fourth-order valence-corrected chi connectivity index (χ4v) is 8.38. The van der Waals surface area contributed by atoms with Crippen molar-refractivity contribution in [2.24, 2.45) is 0 Å². The largest absolute Gasteiger partial charge is 2.00 e. The second-order valence-electron chi connectivity index (χ2n) is 16.4. The SMILES string of the molecule is CC(C)c1cccc(C(C)C)c1-c1ccc(O)c(N2[CH-]N(CN3[CH-]N(c4cc(-c5c(C(C)C)cccc5C(C)C)ccc4O)c4cccnc43)c3ncccc32)c1.[Pt+2]. The Labute approximate surface area is 358 Å². The summed E-state index contributed by atoms with van der Waals surface area (Å²) in [5.41, 5.74) is 12.8. The second kappa shape index (κ2) is 16.5. The van der Waals surface area contributed by atoms with E-state index in [1.807, 2.05) is 59.5 Å². The van der Waals surface area contributed by atoms with E-state index >= 15 is 0 Å². The smallest absolute Gasteiger partial charge is 0.506 e. The summed E-state index contributed by atoms with van der Waals surface area (Å²) in [6, 6.07) is 32.9. The van der Waals surface area contributed by atoms with Gasteiger partial charge in [-0.15, -0.1) is 13.3 Å². The maximum Gasteiger partial charge on any atom is 2.00 e. The van der Waals surface area contributed by atoms with Crippen LogP contribution < -0.4 is 19.6 Å². The molecular formula is C49H52N6O2Pt. The Kier molecular flexibility index (Phi) is 11.6.